The molecule has 2 aromatic carbocycles. The molecule has 0 spiro atoms. The predicted octanol–water partition coefficient (Wildman–Crippen LogP) is 4.30. The largest absolute Gasteiger partial charge is 0.289 e. The van der Waals surface area contributed by atoms with Gasteiger partial charge in [0.2, 0.25) is 0 Å². The molecule has 0 bridgehead atoms. The van der Waals surface area contributed by atoms with Gasteiger partial charge in [0, 0.05) is 23.1 Å². The Bertz CT molecular complexity index is 683. The Morgan fingerprint density at radius 3 is 2.63 bits per heavy atom. The second-order valence-corrected chi connectivity index (χ2v) is 4.88. The Morgan fingerprint density at radius 1 is 1.11 bits per heavy atom. The van der Waals surface area contributed by atoms with Gasteiger partial charge in [-0.05, 0) is 23.8 Å². The van der Waals surface area contributed by atoms with Crippen molar-refractivity contribution in [2.45, 2.75) is 6.42 Å². The first-order valence-corrected chi connectivity index (χ1v) is 6.32. The molecule has 0 amide bonds. The van der Waals surface area contributed by atoms with E-state index in [1.807, 2.05) is 18.2 Å². The van der Waals surface area contributed by atoms with Gasteiger partial charge >= 0.3 is 0 Å². The average molecular weight is 273 g/mol. The number of hydrogen-bond donors (Lipinski definition) is 0. The highest BCUT2D eigenvalue weighted by Crippen LogP contribution is 2.30. The number of rotatable bonds is 1. The van der Waals surface area contributed by atoms with E-state index in [9.17, 15) is 9.18 Å². The topological polar surface area (TPSA) is 17.1 Å². The van der Waals surface area contributed by atoms with E-state index in [2.05, 4.69) is 0 Å². The minimum Gasteiger partial charge on any atom is -0.289 e. The molecule has 1 aliphatic carbocycles. The summed E-state index contributed by atoms with van der Waals surface area (Å²) in [7, 11) is 0. The van der Waals surface area contributed by atoms with Crippen molar-refractivity contribution in [3.63, 3.8) is 0 Å². The van der Waals surface area contributed by atoms with Crippen LogP contribution in [0.4, 0.5) is 4.39 Å². The summed E-state index contributed by atoms with van der Waals surface area (Å²) in [6.07, 6.45) is 2.08. The molecule has 0 heterocycles. The van der Waals surface area contributed by atoms with E-state index < -0.39 is 5.82 Å². The number of benzene rings is 2. The van der Waals surface area contributed by atoms with E-state index in [1.54, 1.807) is 24.3 Å². The van der Waals surface area contributed by atoms with Crippen LogP contribution in [0.3, 0.4) is 0 Å². The maximum absolute atomic E-state index is 13.7. The van der Waals surface area contributed by atoms with Gasteiger partial charge in [-0.2, -0.15) is 0 Å². The third-order valence-electron chi connectivity index (χ3n) is 3.25. The van der Waals surface area contributed by atoms with Crippen molar-refractivity contribution in [1.82, 2.24) is 0 Å². The molecule has 0 saturated heterocycles. The quantitative estimate of drug-likeness (QED) is 0.707. The molecule has 0 radical (unpaired) electrons. The van der Waals surface area contributed by atoms with E-state index in [0.717, 1.165) is 5.56 Å². The van der Waals surface area contributed by atoms with E-state index in [0.29, 0.717) is 22.6 Å². The second-order valence-electron chi connectivity index (χ2n) is 4.47. The van der Waals surface area contributed by atoms with Gasteiger partial charge in [-0.1, -0.05) is 41.9 Å². The van der Waals surface area contributed by atoms with Gasteiger partial charge in [-0.3, -0.25) is 4.79 Å². The summed E-state index contributed by atoms with van der Waals surface area (Å²) in [6.45, 7) is 0. The summed E-state index contributed by atoms with van der Waals surface area (Å²) in [4.78, 5) is 12.2. The molecule has 3 heteroatoms. The maximum Gasteiger partial charge on any atom is 0.189 e. The van der Waals surface area contributed by atoms with Gasteiger partial charge in [-0.15, -0.1) is 0 Å². The number of hydrogen-bond acceptors (Lipinski definition) is 1. The van der Waals surface area contributed by atoms with Crippen molar-refractivity contribution in [3.8, 4) is 0 Å². The highest BCUT2D eigenvalue weighted by molar-refractivity contribution is 6.32. The van der Waals surface area contributed by atoms with Crippen LogP contribution < -0.4 is 0 Å². The number of ketones is 1. The van der Waals surface area contributed by atoms with Crippen LogP contribution in [0.1, 0.15) is 21.5 Å². The highest BCUT2D eigenvalue weighted by Gasteiger charge is 2.24. The normalized spacial score (nSPS) is 15.9. The van der Waals surface area contributed by atoms with Crippen LogP contribution in [0.15, 0.2) is 48.0 Å². The van der Waals surface area contributed by atoms with Gasteiger partial charge in [0.05, 0.1) is 5.02 Å². The summed E-state index contributed by atoms with van der Waals surface area (Å²) in [5.74, 6) is -0.460. The zero-order valence-electron chi connectivity index (χ0n) is 9.99. The van der Waals surface area contributed by atoms with Gasteiger partial charge in [-0.25, -0.2) is 4.39 Å². The lowest BCUT2D eigenvalue weighted by atomic mass is 10.1. The van der Waals surface area contributed by atoms with Crippen LogP contribution >= 0.6 is 11.6 Å². The number of Topliss-reactive ketones (excluding diaryl/α,β-unsaturated/α-hetero) is 1. The van der Waals surface area contributed by atoms with Crippen molar-refractivity contribution in [3.05, 3.63) is 75.6 Å². The van der Waals surface area contributed by atoms with Crippen molar-refractivity contribution in [2.75, 3.05) is 0 Å². The molecule has 0 saturated carbocycles. The molecular weight excluding hydrogens is 263 g/mol. The first kappa shape index (κ1) is 12.1. The molecule has 0 fully saturated rings. The number of fused-ring (bicyclic) bond motifs is 1. The molecule has 1 aliphatic rings. The molecule has 94 valence electrons. The number of halogens is 2. The van der Waals surface area contributed by atoms with Crippen molar-refractivity contribution < 1.29 is 9.18 Å². The monoisotopic (exact) mass is 272 g/mol. The predicted molar refractivity (Wildman–Crippen MR) is 73.9 cm³/mol. The fourth-order valence-corrected chi connectivity index (χ4v) is 2.51. The van der Waals surface area contributed by atoms with Crippen LogP contribution in [0.5, 0.6) is 0 Å². The minimum atomic E-state index is -0.413. The number of carbonyl (C=O) groups is 1. The molecule has 0 aliphatic heterocycles. The average Bonchev–Trinajstić information content (AvgIpc) is 2.72. The van der Waals surface area contributed by atoms with E-state index >= 15 is 0 Å². The Hall–Kier alpha value is -1.93. The molecule has 3 rings (SSSR count). The highest BCUT2D eigenvalue weighted by atomic mass is 35.5. The lowest BCUT2D eigenvalue weighted by Gasteiger charge is -2.01. The second kappa shape index (κ2) is 4.63. The third kappa shape index (κ3) is 2.08. The Kier molecular flexibility index (Phi) is 2.96. The van der Waals surface area contributed by atoms with Crippen LogP contribution in [0.25, 0.3) is 6.08 Å². The molecule has 2 aromatic rings. The molecule has 0 unspecified atom stereocenters. The minimum absolute atomic E-state index is 0.0464. The summed E-state index contributed by atoms with van der Waals surface area (Å²) >= 11 is 5.97. The lowest BCUT2D eigenvalue weighted by molar-refractivity contribution is 0.104. The third-order valence-corrected chi connectivity index (χ3v) is 3.58. The van der Waals surface area contributed by atoms with Gasteiger partial charge in [0.1, 0.15) is 5.82 Å². The maximum atomic E-state index is 13.7. The van der Waals surface area contributed by atoms with Crippen LogP contribution in [-0.2, 0) is 6.42 Å². The fourth-order valence-electron chi connectivity index (χ4n) is 2.29. The van der Waals surface area contributed by atoms with Gasteiger partial charge < -0.3 is 0 Å². The van der Waals surface area contributed by atoms with Crippen molar-refractivity contribution >= 4 is 23.5 Å². The van der Waals surface area contributed by atoms with Gasteiger partial charge in [0.15, 0.2) is 5.78 Å². The van der Waals surface area contributed by atoms with Crippen LogP contribution in [0, 0.1) is 5.82 Å². The zero-order valence-corrected chi connectivity index (χ0v) is 10.7. The fraction of sp³-hybridized carbons (Fsp3) is 0.0625. The number of carbonyl (C=O) groups excluding carboxylic acids is 1. The molecule has 0 atom stereocenters. The molecular formula is C16H10ClFO. The molecule has 0 aromatic heterocycles. The number of allylic oxidation sites excluding steroid dienone is 1. The lowest BCUT2D eigenvalue weighted by Crippen LogP contribution is -1.96. The first-order valence-electron chi connectivity index (χ1n) is 5.94. The van der Waals surface area contributed by atoms with Crippen molar-refractivity contribution in [1.29, 1.82) is 0 Å². The van der Waals surface area contributed by atoms with Crippen molar-refractivity contribution in [2.24, 2.45) is 0 Å². The van der Waals surface area contributed by atoms with E-state index in [4.69, 9.17) is 11.6 Å². The standard InChI is InChI=1S/C16H10ClFO/c17-14-6-3-7-15(18)13(14)9-11-8-10-4-1-2-5-12(10)16(11)19/h1-7,9H,8H2. The summed E-state index contributed by atoms with van der Waals surface area (Å²) < 4.78 is 13.7. The molecule has 1 nitrogen and oxygen atoms in total. The Morgan fingerprint density at radius 2 is 1.89 bits per heavy atom. The zero-order chi connectivity index (χ0) is 13.4. The smallest absolute Gasteiger partial charge is 0.189 e. The Balaban J connectivity index is 2.06. The SMILES string of the molecule is O=C1C(=Cc2c(F)cccc2Cl)Cc2ccccc21. The van der Waals surface area contributed by atoms with Crippen LogP contribution in [0.2, 0.25) is 5.02 Å². The van der Waals surface area contributed by atoms with Crippen LogP contribution in [-0.4, -0.2) is 5.78 Å². The molecule has 0 N–H and O–H groups in total. The summed E-state index contributed by atoms with van der Waals surface area (Å²) in [5.41, 5.74) is 2.53. The summed E-state index contributed by atoms with van der Waals surface area (Å²) in [5, 5.41) is 0.316. The summed E-state index contributed by atoms with van der Waals surface area (Å²) in [6, 6.07) is 11.9. The Labute approximate surface area is 115 Å². The van der Waals surface area contributed by atoms with E-state index in [-0.39, 0.29) is 11.3 Å². The molecule has 19 heavy (non-hydrogen) atoms. The van der Waals surface area contributed by atoms with E-state index in [1.165, 1.54) is 6.07 Å². The van der Waals surface area contributed by atoms with Gasteiger partial charge in [0.25, 0.3) is 0 Å². The first-order chi connectivity index (χ1) is 9.16.